The summed E-state index contributed by atoms with van der Waals surface area (Å²) in [4.78, 5) is 11.0. The molecular weight excluding hydrogens is 227 g/mol. The summed E-state index contributed by atoms with van der Waals surface area (Å²) in [6.07, 6.45) is 0.102. The highest BCUT2D eigenvalue weighted by atomic mass is 19.1. The number of hydrogen-bond acceptors (Lipinski definition) is 3. The minimum atomic E-state index is -1.02. The summed E-state index contributed by atoms with van der Waals surface area (Å²) in [5.74, 6) is -0.611. The van der Waals surface area contributed by atoms with Crippen LogP contribution in [0, 0.1) is 11.2 Å². The van der Waals surface area contributed by atoms with Gasteiger partial charge >= 0.3 is 5.97 Å². The van der Waals surface area contributed by atoms with Gasteiger partial charge in [0, 0.05) is 6.07 Å². The fourth-order valence-corrected chi connectivity index (χ4v) is 1.65. The zero-order valence-corrected chi connectivity index (χ0v) is 9.62. The number of hydrogen-bond donors (Lipinski definition) is 1. The average molecular weight is 240 g/mol. The van der Waals surface area contributed by atoms with Gasteiger partial charge in [0.05, 0.1) is 5.41 Å². The normalized spacial score (nSPS) is 13.8. The van der Waals surface area contributed by atoms with Crippen LogP contribution < -0.4 is 9.47 Å². The third-order valence-electron chi connectivity index (χ3n) is 2.75. The van der Waals surface area contributed by atoms with Crippen LogP contribution in [-0.4, -0.2) is 17.9 Å². The van der Waals surface area contributed by atoms with Crippen LogP contribution in [0.25, 0.3) is 0 Å². The van der Waals surface area contributed by atoms with Gasteiger partial charge in [-0.2, -0.15) is 0 Å². The molecule has 1 aromatic rings. The maximum atomic E-state index is 13.7. The van der Waals surface area contributed by atoms with Crippen LogP contribution in [0.2, 0.25) is 0 Å². The molecule has 1 heterocycles. The van der Waals surface area contributed by atoms with Crippen molar-refractivity contribution >= 4 is 5.97 Å². The first-order chi connectivity index (χ1) is 7.90. The van der Waals surface area contributed by atoms with Gasteiger partial charge < -0.3 is 14.6 Å². The molecule has 0 fully saturated rings. The molecular formula is C12H13FO4. The molecule has 1 N–H and O–H groups in total. The lowest BCUT2D eigenvalue weighted by atomic mass is 9.85. The first-order valence-electron chi connectivity index (χ1n) is 5.21. The number of aliphatic carboxylic acids is 1. The largest absolute Gasteiger partial charge is 0.481 e. The molecule has 0 aliphatic carbocycles. The molecule has 0 amide bonds. The Balaban J connectivity index is 2.31. The Bertz CT molecular complexity index is 468. The summed E-state index contributed by atoms with van der Waals surface area (Å²) in [6.45, 7) is 3.18. The lowest BCUT2D eigenvalue weighted by Gasteiger charge is -2.19. The molecule has 0 saturated carbocycles. The van der Waals surface area contributed by atoms with Gasteiger partial charge in [0.15, 0.2) is 11.5 Å². The fourth-order valence-electron chi connectivity index (χ4n) is 1.65. The van der Waals surface area contributed by atoms with Gasteiger partial charge in [-0.1, -0.05) is 0 Å². The molecule has 0 saturated heterocycles. The highest BCUT2D eigenvalue weighted by Crippen LogP contribution is 2.36. The quantitative estimate of drug-likeness (QED) is 0.880. The van der Waals surface area contributed by atoms with E-state index in [1.54, 1.807) is 13.8 Å². The van der Waals surface area contributed by atoms with E-state index >= 15 is 0 Å². The lowest BCUT2D eigenvalue weighted by Crippen LogP contribution is -2.26. The van der Waals surface area contributed by atoms with Gasteiger partial charge in [0.25, 0.3) is 0 Å². The molecule has 0 atom stereocenters. The van der Waals surface area contributed by atoms with Crippen molar-refractivity contribution in [2.75, 3.05) is 6.79 Å². The van der Waals surface area contributed by atoms with Gasteiger partial charge in [-0.25, -0.2) is 4.39 Å². The van der Waals surface area contributed by atoms with Crippen molar-refractivity contribution in [3.05, 3.63) is 23.5 Å². The summed E-state index contributed by atoms with van der Waals surface area (Å²) in [5.41, 5.74) is -0.698. The third kappa shape index (κ3) is 2.18. The second kappa shape index (κ2) is 3.91. The van der Waals surface area contributed by atoms with Crippen LogP contribution in [-0.2, 0) is 11.2 Å². The predicted molar refractivity (Wildman–Crippen MR) is 57.6 cm³/mol. The van der Waals surface area contributed by atoms with Crippen molar-refractivity contribution in [1.82, 2.24) is 0 Å². The summed E-state index contributed by atoms with van der Waals surface area (Å²) in [7, 11) is 0. The number of fused-ring (bicyclic) bond motifs is 1. The Morgan fingerprint density at radius 3 is 2.59 bits per heavy atom. The maximum absolute atomic E-state index is 13.7. The minimum Gasteiger partial charge on any atom is -0.481 e. The third-order valence-corrected chi connectivity index (χ3v) is 2.75. The molecule has 0 aromatic heterocycles. The monoisotopic (exact) mass is 240 g/mol. The standard InChI is InChI=1S/C12H13FO4/c1-12(2,11(14)15)5-7-3-9-10(4-8(7)13)17-6-16-9/h3-4H,5-6H2,1-2H3,(H,14,15). The first-order valence-corrected chi connectivity index (χ1v) is 5.21. The number of halogens is 1. The lowest BCUT2D eigenvalue weighted by molar-refractivity contribution is -0.146. The number of carbonyl (C=O) groups is 1. The fraction of sp³-hybridized carbons (Fsp3) is 0.417. The van der Waals surface area contributed by atoms with Gasteiger partial charge in [-0.05, 0) is 31.9 Å². The van der Waals surface area contributed by atoms with E-state index in [0.29, 0.717) is 17.1 Å². The van der Waals surface area contributed by atoms with E-state index in [0.717, 1.165) is 0 Å². The van der Waals surface area contributed by atoms with Crippen molar-refractivity contribution in [2.24, 2.45) is 5.41 Å². The Kier molecular flexibility index (Phi) is 2.69. The van der Waals surface area contributed by atoms with Crippen molar-refractivity contribution in [2.45, 2.75) is 20.3 Å². The van der Waals surface area contributed by atoms with E-state index in [1.807, 2.05) is 0 Å². The van der Waals surface area contributed by atoms with Gasteiger partial charge in [-0.3, -0.25) is 4.79 Å². The highest BCUT2D eigenvalue weighted by Gasteiger charge is 2.29. The Morgan fingerprint density at radius 1 is 1.41 bits per heavy atom. The molecule has 2 rings (SSSR count). The number of ether oxygens (including phenoxy) is 2. The molecule has 0 bridgehead atoms. The van der Waals surface area contributed by atoms with Gasteiger partial charge in [0.1, 0.15) is 5.82 Å². The van der Waals surface area contributed by atoms with Crippen molar-refractivity contribution < 1.29 is 23.8 Å². The zero-order valence-electron chi connectivity index (χ0n) is 9.62. The van der Waals surface area contributed by atoms with Crippen molar-refractivity contribution in [1.29, 1.82) is 0 Å². The van der Waals surface area contributed by atoms with Crippen LogP contribution in [0.1, 0.15) is 19.4 Å². The number of rotatable bonds is 3. The Hall–Kier alpha value is -1.78. The van der Waals surface area contributed by atoms with Crippen molar-refractivity contribution in [3.8, 4) is 11.5 Å². The maximum Gasteiger partial charge on any atom is 0.309 e. The zero-order chi connectivity index (χ0) is 12.6. The topological polar surface area (TPSA) is 55.8 Å². The summed E-state index contributed by atoms with van der Waals surface area (Å²) < 4.78 is 23.9. The molecule has 92 valence electrons. The molecule has 1 aliphatic heterocycles. The number of carboxylic acid groups (broad SMARTS) is 1. The summed E-state index contributed by atoms with van der Waals surface area (Å²) in [5, 5.41) is 9.01. The van der Waals surface area contributed by atoms with E-state index in [4.69, 9.17) is 14.6 Å². The van der Waals surface area contributed by atoms with E-state index in [2.05, 4.69) is 0 Å². The molecule has 1 aromatic carbocycles. The average Bonchev–Trinajstić information content (AvgIpc) is 2.64. The number of carboxylic acids is 1. The summed E-state index contributed by atoms with van der Waals surface area (Å²) in [6, 6.07) is 2.73. The van der Waals surface area contributed by atoms with E-state index in [-0.39, 0.29) is 13.2 Å². The molecule has 0 radical (unpaired) electrons. The predicted octanol–water partition coefficient (Wildman–Crippen LogP) is 2.21. The van der Waals surface area contributed by atoms with Crippen LogP contribution in [0.3, 0.4) is 0 Å². The second-order valence-corrected chi connectivity index (χ2v) is 4.66. The first kappa shape index (κ1) is 11.7. The van der Waals surface area contributed by atoms with Crippen LogP contribution >= 0.6 is 0 Å². The second-order valence-electron chi connectivity index (χ2n) is 4.66. The molecule has 1 aliphatic rings. The van der Waals surface area contributed by atoms with Crippen LogP contribution in [0.5, 0.6) is 11.5 Å². The van der Waals surface area contributed by atoms with Crippen molar-refractivity contribution in [3.63, 3.8) is 0 Å². The smallest absolute Gasteiger partial charge is 0.309 e. The molecule has 0 unspecified atom stereocenters. The van der Waals surface area contributed by atoms with E-state index < -0.39 is 17.2 Å². The van der Waals surface area contributed by atoms with E-state index in [9.17, 15) is 9.18 Å². The number of benzene rings is 1. The van der Waals surface area contributed by atoms with Gasteiger partial charge in [0.2, 0.25) is 6.79 Å². The minimum absolute atomic E-state index is 0.0700. The van der Waals surface area contributed by atoms with Gasteiger partial charge in [-0.15, -0.1) is 0 Å². The highest BCUT2D eigenvalue weighted by molar-refractivity contribution is 5.74. The molecule has 5 heteroatoms. The summed E-state index contributed by atoms with van der Waals surface area (Å²) >= 11 is 0. The molecule has 0 spiro atoms. The molecule has 4 nitrogen and oxygen atoms in total. The van der Waals surface area contributed by atoms with Crippen LogP contribution in [0.4, 0.5) is 4.39 Å². The van der Waals surface area contributed by atoms with Crippen LogP contribution in [0.15, 0.2) is 12.1 Å². The Labute approximate surface area is 98.0 Å². The molecule has 17 heavy (non-hydrogen) atoms. The Morgan fingerprint density at radius 2 is 2.00 bits per heavy atom. The van der Waals surface area contributed by atoms with E-state index in [1.165, 1.54) is 12.1 Å². The SMILES string of the molecule is CC(C)(Cc1cc2c(cc1F)OCO2)C(=O)O.